The monoisotopic (exact) mass is 282 g/mol. The SMILES string of the molecule is CC(C)CCNC1CC(C(C)O)CN(C2CCCC2)C1. The van der Waals surface area contributed by atoms with Crippen molar-refractivity contribution < 1.29 is 5.11 Å². The first kappa shape index (κ1) is 16.3. The molecule has 118 valence electrons. The quantitative estimate of drug-likeness (QED) is 0.786. The van der Waals surface area contributed by atoms with Crippen molar-refractivity contribution in [2.45, 2.75) is 77.5 Å². The number of nitrogens with zero attached hydrogens (tertiary/aromatic N) is 1. The molecule has 0 spiro atoms. The van der Waals surface area contributed by atoms with Crippen molar-refractivity contribution in [3.8, 4) is 0 Å². The Morgan fingerprint density at radius 2 is 1.85 bits per heavy atom. The van der Waals surface area contributed by atoms with Crippen LogP contribution in [0.2, 0.25) is 0 Å². The van der Waals surface area contributed by atoms with Crippen molar-refractivity contribution in [3.05, 3.63) is 0 Å². The Morgan fingerprint density at radius 1 is 1.15 bits per heavy atom. The summed E-state index contributed by atoms with van der Waals surface area (Å²) < 4.78 is 0. The van der Waals surface area contributed by atoms with E-state index in [9.17, 15) is 5.11 Å². The molecule has 1 saturated heterocycles. The third-order valence-electron chi connectivity index (χ3n) is 5.19. The Hall–Kier alpha value is -0.120. The van der Waals surface area contributed by atoms with Crippen LogP contribution >= 0.6 is 0 Å². The maximum absolute atomic E-state index is 10.0. The zero-order valence-electron chi connectivity index (χ0n) is 13.6. The molecule has 2 aliphatic rings. The second-order valence-electron chi connectivity index (χ2n) is 7.46. The van der Waals surface area contributed by atoms with Crippen LogP contribution in [-0.4, -0.2) is 47.8 Å². The lowest BCUT2D eigenvalue weighted by atomic mass is 9.89. The van der Waals surface area contributed by atoms with E-state index >= 15 is 0 Å². The lowest BCUT2D eigenvalue weighted by Crippen LogP contribution is -2.54. The van der Waals surface area contributed by atoms with Crippen molar-refractivity contribution in [2.24, 2.45) is 11.8 Å². The third kappa shape index (κ3) is 4.71. The first-order chi connectivity index (χ1) is 9.56. The minimum absolute atomic E-state index is 0.173. The Morgan fingerprint density at radius 3 is 2.45 bits per heavy atom. The van der Waals surface area contributed by atoms with Gasteiger partial charge in [0.05, 0.1) is 6.10 Å². The molecule has 0 amide bonds. The van der Waals surface area contributed by atoms with Gasteiger partial charge < -0.3 is 10.4 Å². The molecule has 0 aromatic heterocycles. The number of aliphatic hydroxyl groups excluding tert-OH is 1. The zero-order chi connectivity index (χ0) is 14.5. The Labute approximate surface area is 125 Å². The van der Waals surface area contributed by atoms with E-state index in [2.05, 4.69) is 24.1 Å². The van der Waals surface area contributed by atoms with E-state index in [1.54, 1.807) is 0 Å². The average Bonchev–Trinajstić information content (AvgIpc) is 2.91. The van der Waals surface area contributed by atoms with E-state index < -0.39 is 0 Å². The maximum atomic E-state index is 10.0. The van der Waals surface area contributed by atoms with E-state index in [-0.39, 0.29) is 6.10 Å². The molecule has 2 rings (SSSR count). The number of hydrogen-bond donors (Lipinski definition) is 2. The minimum Gasteiger partial charge on any atom is -0.393 e. The number of nitrogens with one attached hydrogen (secondary N) is 1. The second kappa shape index (κ2) is 7.77. The summed E-state index contributed by atoms with van der Waals surface area (Å²) in [5.41, 5.74) is 0. The van der Waals surface area contributed by atoms with Crippen LogP contribution in [0, 0.1) is 11.8 Å². The standard InChI is InChI=1S/C17H34N2O/c1-13(2)8-9-18-16-10-15(14(3)20)11-19(12-16)17-6-4-5-7-17/h13-18,20H,4-12H2,1-3H3. The normalized spacial score (nSPS) is 31.1. The van der Waals surface area contributed by atoms with Crippen molar-refractivity contribution in [3.63, 3.8) is 0 Å². The summed E-state index contributed by atoms with van der Waals surface area (Å²) in [5.74, 6) is 1.21. The molecular formula is C17H34N2O. The topological polar surface area (TPSA) is 35.5 Å². The number of piperidine rings is 1. The average molecular weight is 282 g/mol. The molecule has 0 aromatic carbocycles. The Balaban J connectivity index is 1.86. The first-order valence-corrected chi connectivity index (χ1v) is 8.71. The number of aliphatic hydroxyl groups is 1. The molecule has 0 aromatic rings. The number of likely N-dealkylation sites (tertiary alicyclic amines) is 1. The van der Waals surface area contributed by atoms with Crippen LogP contribution in [0.1, 0.15) is 59.3 Å². The summed E-state index contributed by atoms with van der Waals surface area (Å²) in [5, 5.41) is 13.8. The predicted molar refractivity (Wildman–Crippen MR) is 84.9 cm³/mol. The largest absolute Gasteiger partial charge is 0.393 e. The van der Waals surface area contributed by atoms with E-state index in [0.717, 1.165) is 31.5 Å². The molecule has 3 heteroatoms. The smallest absolute Gasteiger partial charge is 0.0553 e. The molecule has 0 radical (unpaired) electrons. The molecule has 1 saturated carbocycles. The van der Waals surface area contributed by atoms with Gasteiger partial charge in [-0.05, 0) is 51.0 Å². The van der Waals surface area contributed by atoms with Crippen molar-refractivity contribution >= 4 is 0 Å². The van der Waals surface area contributed by atoms with Gasteiger partial charge in [-0.1, -0.05) is 26.7 Å². The van der Waals surface area contributed by atoms with Gasteiger partial charge in [-0.25, -0.2) is 0 Å². The molecule has 20 heavy (non-hydrogen) atoms. The molecule has 3 nitrogen and oxygen atoms in total. The van der Waals surface area contributed by atoms with Gasteiger partial charge in [0, 0.05) is 25.2 Å². The molecular weight excluding hydrogens is 248 g/mol. The Bertz CT molecular complexity index is 274. The van der Waals surface area contributed by atoms with Crippen LogP contribution in [0.5, 0.6) is 0 Å². The molecule has 1 heterocycles. The number of hydrogen-bond acceptors (Lipinski definition) is 3. The van der Waals surface area contributed by atoms with E-state index in [1.807, 2.05) is 6.92 Å². The predicted octanol–water partition coefficient (Wildman–Crippen LogP) is 2.64. The van der Waals surface area contributed by atoms with Crippen LogP contribution in [-0.2, 0) is 0 Å². The highest BCUT2D eigenvalue weighted by molar-refractivity contribution is 4.90. The van der Waals surface area contributed by atoms with Crippen LogP contribution in [0.25, 0.3) is 0 Å². The van der Waals surface area contributed by atoms with Crippen molar-refractivity contribution in [2.75, 3.05) is 19.6 Å². The molecule has 2 N–H and O–H groups in total. The maximum Gasteiger partial charge on any atom is 0.0553 e. The fourth-order valence-electron chi connectivity index (χ4n) is 3.81. The van der Waals surface area contributed by atoms with Crippen molar-refractivity contribution in [1.29, 1.82) is 0 Å². The van der Waals surface area contributed by atoms with E-state index in [1.165, 1.54) is 38.6 Å². The van der Waals surface area contributed by atoms with Gasteiger partial charge in [-0.2, -0.15) is 0 Å². The van der Waals surface area contributed by atoms with Crippen LogP contribution in [0.15, 0.2) is 0 Å². The summed E-state index contributed by atoms with van der Waals surface area (Å²) in [6.07, 6.45) is 7.74. The van der Waals surface area contributed by atoms with Gasteiger partial charge in [0.2, 0.25) is 0 Å². The van der Waals surface area contributed by atoms with Crippen LogP contribution in [0.3, 0.4) is 0 Å². The van der Waals surface area contributed by atoms with Crippen LogP contribution in [0.4, 0.5) is 0 Å². The fraction of sp³-hybridized carbons (Fsp3) is 1.00. The Kier molecular flexibility index (Phi) is 6.31. The zero-order valence-corrected chi connectivity index (χ0v) is 13.6. The molecule has 2 fully saturated rings. The molecule has 1 aliphatic heterocycles. The van der Waals surface area contributed by atoms with Gasteiger partial charge in [-0.3, -0.25) is 4.90 Å². The van der Waals surface area contributed by atoms with Gasteiger partial charge in [0.15, 0.2) is 0 Å². The summed E-state index contributed by atoms with van der Waals surface area (Å²) in [6, 6.07) is 1.36. The summed E-state index contributed by atoms with van der Waals surface area (Å²) in [7, 11) is 0. The van der Waals surface area contributed by atoms with Gasteiger partial charge in [-0.15, -0.1) is 0 Å². The lowest BCUT2D eigenvalue weighted by Gasteiger charge is -2.42. The van der Waals surface area contributed by atoms with Crippen LogP contribution < -0.4 is 5.32 Å². The highest BCUT2D eigenvalue weighted by atomic mass is 16.3. The highest BCUT2D eigenvalue weighted by Gasteiger charge is 2.33. The van der Waals surface area contributed by atoms with Gasteiger partial charge in [0.25, 0.3) is 0 Å². The van der Waals surface area contributed by atoms with Gasteiger partial charge >= 0.3 is 0 Å². The van der Waals surface area contributed by atoms with E-state index in [4.69, 9.17) is 0 Å². The fourth-order valence-corrected chi connectivity index (χ4v) is 3.81. The highest BCUT2D eigenvalue weighted by Crippen LogP contribution is 2.29. The lowest BCUT2D eigenvalue weighted by molar-refractivity contribution is 0.0300. The molecule has 3 unspecified atom stereocenters. The number of rotatable bonds is 6. The summed E-state index contributed by atoms with van der Waals surface area (Å²) in [4.78, 5) is 2.67. The summed E-state index contributed by atoms with van der Waals surface area (Å²) >= 11 is 0. The summed E-state index contributed by atoms with van der Waals surface area (Å²) in [6.45, 7) is 9.94. The van der Waals surface area contributed by atoms with Crippen molar-refractivity contribution in [1.82, 2.24) is 10.2 Å². The minimum atomic E-state index is -0.173. The third-order valence-corrected chi connectivity index (χ3v) is 5.19. The first-order valence-electron chi connectivity index (χ1n) is 8.71. The molecule has 1 aliphatic carbocycles. The molecule has 0 bridgehead atoms. The second-order valence-corrected chi connectivity index (χ2v) is 7.46. The van der Waals surface area contributed by atoms with E-state index in [0.29, 0.717) is 12.0 Å². The molecule has 3 atom stereocenters. The van der Waals surface area contributed by atoms with Gasteiger partial charge in [0.1, 0.15) is 0 Å².